The first kappa shape index (κ1) is 45.9. The number of para-hydroxylation sites is 2. The summed E-state index contributed by atoms with van der Waals surface area (Å²) >= 11 is -1.86. The normalized spacial score (nSPS) is 11.8. The molecule has 0 atom stereocenters. The molecule has 329 valence electrons. The summed E-state index contributed by atoms with van der Waals surface area (Å²) < 4.78 is 10.4. The van der Waals surface area contributed by atoms with Gasteiger partial charge in [0.2, 0.25) is 0 Å². The van der Waals surface area contributed by atoms with Gasteiger partial charge in [-0.15, -0.1) is 18.2 Å². The van der Waals surface area contributed by atoms with E-state index < -0.39 is 13.3 Å². The fourth-order valence-corrected chi connectivity index (χ4v) is 12.3. The van der Waals surface area contributed by atoms with Gasteiger partial charge < -0.3 is 8.98 Å². The molecule has 5 nitrogen and oxygen atoms in total. The summed E-state index contributed by atoms with van der Waals surface area (Å²) in [5, 5.41) is 3.17. The van der Waals surface area contributed by atoms with Gasteiger partial charge in [0.1, 0.15) is 5.58 Å². The summed E-state index contributed by atoms with van der Waals surface area (Å²) in [5.41, 5.74) is 15.1. The van der Waals surface area contributed by atoms with Crippen LogP contribution in [0.15, 0.2) is 150 Å². The SMILES string of the molecule is CC(C)Cc1cc(-c2[c-]cccc2)nc[c]1[Ge]([CH3])([CH3])[CH3].CC(C)c1cc(-c2ccccc2)cc(C(C)C)c1-n1c(-c2[c-]ccc3c2oc2ccccc23)nc2c3ccccc3ncc21.[Ir]. The summed E-state index contributed by atoms with van der Waals surface area (Å²) in [4.78, 5) is 15.0. The third kappa shape index (κ3) is 9.14. The van der Waals surface area contributed by atoms with E-state index in [1.165, 1.54) is 27.8 Å². The molecule has 10 aromatic rings. The van der Waals surface area contributed by atoms with Crippen LogP contribution in [0.2, 0.25) is 17.3 Å². The summed E-state index contributed by atoms with van der Waals surface area (Å²) in [6, 6.07) is 53.1. The van der Waals surface area contributed by atoms with E-state index in [1.807, 2.05) is 54.7 Å². The molecule has 0 unspecified atom stereocenters. The van der Waals surface area contributed by atoms with Crippen LogP contribution in [-0.4, -0.2) is 32.8 Å². The van der Waals surface area contributed by atoms with Gasteiger partial charge >= 0.3 is 126 Å². The van der Waals surface area contributed by atoms with Gasteiger partial charge in [0.05, 0.1) is 34.2 Å². The molecule has 0 spiro atoms. The summed E-state index contributed by atoms with van der Waals surface area (Å²) in [7, 11) is 0. The van der Waals surface area contributed by atoms with E-state index in [-0.39, 0.29) is 31.9 Å². The Labute approximate surface area is 400 Å². The van der Waals surface area contributed by atoms with Crippen LogP contribution in [0.5, 0.6) is 0 Å². The Kier molecular flexibility index (Phi) is 13.5. The Morgan fingerprint density at radius 2 is 1.32 bits per heavy atom. The minimum absolute atomic E-state index is 0. The number of hydrogen-bond acceptors (Lipinski definition) is 4. The molecule has 4 aromatic heterocycles. The van der Waals surface area contributed by atoms with E-state index in [9.17, 15) is 0 Å². The van der Waals surface area contributed by atoms with E-state index >= 15 is 0 Å². The summed E-state index contributed by atoms with van der Waals surface area (Å²) in [5.74, 6) is 9.32. The van der Waals surface area contributed by atoms with E-state index in [2.05, 4.69) is 167 Å². The quantitative estimate of drug-likeness (QED) is 0.107. The van der Waals surface area contributed by atoms with Crippen molar-refractivity contribution in [2.75, 3.05) is 0 Å². The maximum Gasteiger partial charge on any atom is 0.120 e. The molecule has 0 saturated heterocycles. The number of pyridine rings is 2. The van der Waals surface area contributed by atoms with Crippen LogP contribution in [0, 0.1) is 18.1 Å². The summed E-state index contributed by atoms with van der Waals surface area (Å²) in [6.45, 7) is 13.7. The van der Waals surface area contributed by atoms with Crippen molar-refractivity contribution in [2.45, 2.75) is 77.1 Å². The van der Waals surface area contributed by atoms with E-state index in [0.717, 1.165) is 78.6 Å². The van der Waals surface area contributed by atoms with Crippen molar-refractivity contribution < 1.29 is 24.5 Å². The maximum absolute atomic E-state index is 6.54. The Morgan fingerprint density at radius 1 is 0.646 bits per heavy atom. The van der Waals surface area contributed by atoms with Crippen LogP contribution in [0.4, 0.5) is 0 Å². The number of imidazole rings is 1. The number of hydrogen-bond donors (Lipinski definition) is 0. The molecule has 65 heavy (non-hydrogen) atoms. The molecule has 7 heteroatoms. The molecule has 4 heterocycles. The monoisotopic (exact) mass is 1090 g/mol. The van der Waals surface area contributed by atoms with Crippen LogP contribution >= 0.6 is 0 Å². The van der Waals surface area contributed by atoms with Crippen LogP contribution < -0.4 is 4.40 Å². The molecule has 0 saturated carbocycles. The second-order valence-electron chi connectivity index (χ2n) is 19.0. The first-order valence-electron chi connectivity index (χ1n) is 22.7. The van der Waals surface area contributed by atoms with Crippen molar-refractivity contribution in [2.24, 2.45) is 5.92 Å². The largest absolute Gasteiger partial charge is 0.501 e. The molecule has 0 fully saturated rings. The average Bonchev–Trinajstić information content (AvgIpc) is 3.88. The smallest absolute Gasteiger partial charge is 0.120 e. The number of fused-ring (bicyclic) bond motifs is 6. The van der Waals surface area contributed by atoms with Gasteiger partial charge in [-0.2, -0.15) is 0 Å². The minimum Gasteiger partial charge on any atom is -0.501 e. The van der Waals surface area contributed by atoms with Crippen LogP contribution in [0.25, 0.3) is 83.3 Å². The van der Waals surface area contributed by atoms with Gasteiger partial charge in [-0.05, 0) is 58.4 Å². The first-order valence-corrected chi connectivity index (χ1v) is 30.0. The maximum atomic E-state index is 6.54. The van der Waals surface area contributed by atoms with Crippen molar-refractivity contribution in [3.8, 4) is 39.5 Å². The zero-order valence-corrected chi connectivity index (χ0v) is 43.3. The van der Waals surface area contributed by atoms with Crippen molar-refractivity contribution >= 4 is 61.5 Å². The number of aromatic nitrogens is 4. The number of nitrogens with zero attached hydrogens (tertiary/aromatic N) is 4. The Bertz CT molecular complexity index is 3240. The Balaban J connectivity index is 0.000000232. The van der Waals surface area contributed by atoms with Gasteiger partial charge in [-0.25, -0.2) is 0 Å². The van der Waals surface area contributed by atoms with Crippen molar-refractivity contribution in [3.63, 3.8) is 0 Å². The molecule has 0 amide bonds. The van der Waals surface area contributed by atoms with Crippen LogP contribution in [-0.2, 0) is 26.5 Å². The van der Waals surface area contributed by atoms with Gasteiger partial charge in [-0.1, -0.05) is 105 Å². The third-order valence-corrected chi connectivity index (χ3v) is 16.4. The molecule has 0 N–H and O–H groups in total. The minimum atomic E-state index is -1.86. The fourth-order valence-electron chi connectivity index (χ4n) is 9.01. The zero-order chi connectivity index (χ0) is 44.7. The van der Waals surface area contributed by atoms with Crippen LogP contribution in [0.3, 0.4) is 0 Å². The number of rotatable bonds is 9. The summed E-state index contributed by atoms with van der Waals surface area (Å²) in [6.07, 6.45) is 5.25. The second-order valence-corrected chi connectivity index (χ2v) is 29.6. The predicted molar refractivity (Wildman–Crippen MR) is 272 cm³/mol. The molecule has 10 rings (SSSR count). The van der Waals surface area contributed by atoms with Gasteiger partial charge in [-0.3, -0.25) is 9.97 Å². The average molecular weight is 1090 g/mol. The van der Waals surface area contributed by atoms with E-state index in [4.69, 9.17) is 19.4 Å². The van der Waals surface area contributed by atoms with Gasteiger partial charge in [0.25, 0.3) is 0 Å². The fraction of sp³-hybridized carbons (Fsp3) is 0.224. The zero-order valence-electron chi connectivity index (χ0n) is 38.8. The van der Waals surface area contributed by atoms with Crippen LogP contribution in [0.1, 0.15) is 70.1 Å². The molecular formula is C58H56GeIrN4O-2. The van der Waals surface area contributed by atoms with Gasteiger partial charge in [0, 0.05) is 36.6 Å². The molecule has 0 aliphatic rings. The molecule has 0 aliphatic carbocycles. The molecule has 0 aliphatic heterocycles. The van der Waals surface area contributed by atoms with Crippen molar-refractivity contribution in [1.29, 1.82) is 0 Å². The first-order chi connectivity index (χ1) is 30.9. The topological polar surface area (TPSA) is 56.7 Å². The second kappa shape index (κ2) is 19.1. The number of benzene rings is 6. The molecule has 1 radical (unpaired) electrons. The van der Waals surface area contributed by atoms with E-state index in [0.29, 0.717) is 5.92 Å². The standard InChI is InChI=1S/C40H32N3O.C18H24GeN.Ir/c1-24(2)32-21-27(26-13-6-5-7-14-26)22-33(25(3)4)38(32)43-35-23-41-34-19-10-8-16-30(34)37(35)42-40(43)31-18-12-17-29-28-15-9-11-20-36(28)44-39(29)31;1-14(2)11-16-12-18(15-9-7-6-8-10-15)20-13-17(16)19(3,4)5;/h5-17,19-25H,1-4H3;6-9,12-14H,11H2,1-5H3;/q2*-1;. The van der Waals surface area contributed by atoms with Gasteiger partial charge in [0.15, 0.2) is 0 Å². The molecule has 6 aromatic carbocycles. The Morgan fingerprint density at radius 3 is 2.00 bits per heavy atom. The van der Waals surface area contributed by atoms with Crippen molar-refractivity contribution in [1.82, 2.24) is 19.5 Å². The Hall–Kier alpha value is -5.66. The van der Waals surface area contributed by atoms with Crippen molar-refractivity contribution in [3.05, 3.63) is 175 Å². The number of furan rings is 1. The third-order valence-electron chi connectivity index (χ3n) is 12.1. The van der Waals surface area contributed by atoms with E-state index in [1.54, 1.807) is 4.40 Å². The predicted octanol–water partition coefficient (Wildman–Crippen LogP) is 15.1. The molecular weight excluding hydrogens is 1030 g/mol. The molecule has 0 bridgehead atoms.